The average molecular weight is 580 g/mol. The largest absolute Gasteiger partial charge is 0.507 e. The molecule has 220 valence electrons. The van der Waals surface area contributed by atoms with E-state index >= 15 is 0 Å². The maximum absolute atomic E-state index is 14.1. The van der Waals surface area contributed by atoms with Gasteiger partial charge < -0.3 is 30.5 Å². The van der Waals surface area contributed by atoms with E-state index in [0.29, 0.717) is 55.5 Å². The Bertz CT molecular complexity index is 1710. The van der Waals surface area contributed by atoms with Gasteiger partial charge in [-0.2, -0.15) is 0 Å². The summed E-state index contributed by atoms with van der Waals surface area (Å²) in [6.07, 6.45) is 1.14. The number of aromatic hydroxyl groups is 1. The van der Waals surface area contributed by atoms with E-state index in [2.05, 4.69) is 15.3 Å². The third kappa shape index (κ3) is 5.81. The standard InChI is InChI=1S/C33H33N5O5/c1-19(2)27-18-28(37-33(34)36-27)32(41)38-13-11-20-15-23-7-9-25(20)30(38)21-5-3-6-22(16-21)42-14-4-12-35-31(40)26-17-24(43-23)8-10-29(26)39/h3,5-10,15-19,30,39H,4,11-14H2,1-2H3,(H,35,40)(H2,34,36,37). The fraction of sp³-hybridized carbons (Fsp3) is 0.273. The summed E-state index contributed by atoms with van der Waals surface area (Å²) in [6, 6.07) is 19.4. The molecule has 3 aliphatic heterocycles. The SMILES string of the molecule is CC(C)c1cc(C(=O)N2CCc3cc4ccc3C2c2cccc(c2)OCCCNC(=O)c2cc(ccc2O)O4)nc(N)n1. The monoisotopic (exact) mass is 579 g/mol. The number of nitrogen functional groups attached to an aromatic ring is 1. The van der Waals surface area contributed by atoms with Crippen molar-refractivity contribution >= 4 is 17.8 Å². The lowest BCUT2D eigenvalue weighted by Crippen LogP contribution is -2.41. The molecule has 4 N–H and O–H groups in total. The lowest BCUT2D eigenvalue weighted by Gasteiger charge is -2.38. The third-order valence-corrected chi connectivity index (χ3v) is 7.68. The number of phenolic OH excluding ortho intramolecular Hbond substituents is 1. The molecule has 1 aromatic heterocycles. The van der Waals surface area contributed by atoms with Crippen LogP contribution in [0.2, 0.25) is 0 Å². The molecule has 0 fully saturated rings. The Morgan fingerprint density at radius 3 is 2.70 bits per heavy atom. The van der Waals surface area contributed by atoms with Crippen molar-refractivity contribution < 1.29 is 24.2 Å². The second-order valence-electron chi connectivity index (χ2n) is 11.0. The molecule has 4 aromatic rings. The number of amides is 2. The molecular formula is C33H33N5O5. The molecule has 0 saturated carbocycles. The number of rotatable bonds is 2. The molecule has 1 atom stereocenters. The van der Waals surface area contributed by atoms with Gasteiger partial charge >= 0.3 is 0 Å². The molecule has 0 radical (unpaired) electrons. The number of phenols is 1. The molecule has 1 unspecified atom stereocenters. The number of ether oxygens (including phenoxy) is 2. The van der Waals surface area contributed by atoms with Gasteiger partial charge in [-0.05, 0) is 84.0 Å². The van der Waals surface area contributed by atoms with Gasteiger partial charge in [0.2, 0.25) is 5.95 Å². The van der Waals surface area contributed by atoms with Crippen LogP contribution in [-0.4, -0.2) is 51.5 Å². The molecule has 10 heteroatoms. The van der Waals surface area contributed by atoms with E-state index in [1.54, 1.807) is 12.1 Å². The molecule has 0 spiro atoms. The van der Waals surface area contributed by atoms with Crippen molar-refractivity contribution in [3.63, 3.8) is 0 Å². The van der Waals surface area contributed by atoms with Crippen LogP contribution >= 0.6 is 0 Å². The Balaban J connectivity index is 1.43. The van der Waals surface area contributed by atoms with E-state index in [1.807, 2.05) is 61.2 Å². The van der Waals surface area contributed by atoms with Crippen LogP contribution in [0.4, 0.5) is 5.95 Å². The molecule has 10 nitrogen and oxygen atoms in total. The Morgan fingerprint density at radius 1 is 1.05 bits per heavy atom. The summed E-state index contributed by atoms with van der Waals surface area (Å²) in [5.41, 5.74) is 10.00. The fourth-order valence-corrected chi connectivity index (χ4v) is 5.51. The summed E-state index contributed by atoms with van der Waals surface area (Å²) >= 11 is 0. The molecule has 43 heavy (non-hydrogen) atoms. The zero-order valence-corrected chi connectivity index (χ0v) is 24.0. The summed E-state index contributed by atoms with van der Waals surface area (Å²) in [5.74, 6) is 1.06. The Hall–Kier alpha value is -5.12. The number of aromatic nitrogens is 2. The molecule has 0 saturated heterocycles. The summed E-state index contributed by atoms with van der Waals surface area (Å²) in [7, 11) is 0. The second-order valence-corrected chi connectivity index (χ2v) is 11.0. The van der Waals surface area contributed by atoms with Gasteiger partial charge in [-0.15, -0.1) is 0 Å². The highest BCUT2D eigenvalue weighted by Crippen LogP contribution is 2.39. The number of nitrogens with two attached hydrogens (primary N) is 1. The molecule has 2 amide bonds. The van der Waals surface area contributed by atoms with Crippen LogP contribution in [0.25, 0.3) is 0 Å². The number of nitrogens with zero attached hydrogens (tertiary/aromatic N) is 3. The highest BCUT2D eigenvalue weighted by molar-refractivity contribution is 5.97. The van der Waals surface area contributed by atoms with Crippen LogP contribution in [0.3, 0.4) is 0 Å². The lowest BCUT2D eigenvalue weighted by atomic mass is 9.87. The first-order valence-electron chi connectivity index (χ1n) is 14.4. The van der Waals surface area contributed by atoms with Gasteiger partial charge in [0.1, 0.15) is 28.7 Å². The minimum absolute atomic E-state index is 0.0717. The van der Waals surface area contributed by atoms with Crippen molar-refractivity contribution in [1.29, 1.82) is 0 Å². The first kappa shape index (κ1) is 28.0. The van der Waals surface area contributed by atoms with Gasteiger partial charge in [-0.1, -0.05) is 32.0 Å². The quantitative estimate of drug-likeness (QED) is 0.302. The summed E-state index contributed by atoms with van der Waals surface area (Å²) in [5, 5.41) is 13.1. The van der Waals surface area contributed by atoms with Crippen LogP contribution in [0, 0.1) is 0 Å². The van der Waals surface area contributed by atoms with Crippen LogP contribution in [0.15, 0.2) is 66.7 Å². The van der Waals surface area contributed by atoms with Crippen LogP contribution in [0.5, 0.6) is 23.0 Å². The lowest BCUT2D eigenvalue weighted by molar-refractivity contribution is 0.0687. The normalized spacial score (nSPS) is 16.5. The number of hydrogen-bond acceptors (Lipinski definition) is 8. The Morgan fingerprint density at radius 2 is 1.86 bits per heavy atom. The summed E-state index contributed by atoms with van der Waals surface area (Å²) < 4.78 is 12.2. The predicted octanol–water partition coefficient (Wildman–Crippen LogP) is 4.98. The van der Waals surface area contributed by atoms with Gasteiger partial charge in [-0.25, -0.2) is 9.97 Å². The van der Waals surface area contributed by atoms with Gasteiger partial charge in [-0.3, -0.25) is 9.59 Å². The number of nitrogens with one attached hydrogen (secondary N) is 1. The molecule has 0 aliphatic carbocycles. The van der Waals surface area contributed by atoms with E-state index in [-0.39, 0.29) is 34.8 Å². The Kier molecular flexibility index (Phi) is 7.58. The highest BCUT2D eigenvalue weighted by Gasteiger charge is 2.34. The average Bonchev–Trinajstić information content (AvgIpc) is 3.00. The maximum atomic E-state index is 14.1. The first-order valence-corrected chi connectivity index (χ1v) is 14.4. The van der Waals surface area contributed by atoms with E-state index in [4.69, 9.17) is 15.2 Å². The van der Waals surface area contributed by atoms with E-state index in [0.717, 1.165) is 16.7 Å². The fourth-order valence-electron chi connectivity index (χ4n) is 5.51. The molecule has 8 bridgehead atoms. The van der Waals surface area contributed by atoms with Crippen molar-refractivity contribution in [2.75, 3.05) is 25.4 Å². The highest BCUT2D eigenvalue weighted by atomic mass is 16.5. The zero-order valence-electron chi connectivity index (χ0n) is 24.0. The molecule has 7 rings (SSSR count). The van der Waals surface area contributed by atoms with Gasteiger partial charge in [0.15, 0.2) is 0 Å². The maximum Gasteiger partial charge on any atom is 0.273 e. The van der Waals surface area contributed by atoms with E-state index < -0.39 is 11.9 Å². The topological polar surface area (TPSA) is 140 Å². The molecular weight excluding hydrogens is 546 g/mol. The zero-order chi connectivity index (χ0) is 30.1. The van der Waals surface area contributed by atoms with Gasteiger partial charge in [0.05, 0.1) is 18.2 Å². The van der Waals surface area contributed by atoms with Crippen molar-refractivity contribution in [1.82, 2.24) is 20.2 Å². The van der Waals surface area contributed by atoms with Crippen LogP contribution < -0.4 is 20.5 Å². The molecule has 3 aliphatic rings. The number of hydrogen-bond donors (Lipinski definition) is 3. The number of fused-ring (bicyclic) bond motifs is 6. The van der Waals surface area contributed by atoms with Gasteiger partial charge in [0.25, 0.3) is 11.8 Å². The van der Waals surface area contributed by atoms with Crippen LogP contribution in [-0.2, 0) is 6.42 Å². The van der Waals surface area contributed by atoms with Crippen molar-refractivity contribution in [3.8, 4) is 23.0 Å². The Labute approximate surface area is 249 Å². The number of carbonyl (C=O) groups excluding carboxylic acids is 2. The summed E-state index contributed by atoms with van der Waals surface area (Å²) in [6.45, 7) is 5.16. The van der Waals surface area contributed by atoms with Gasteiger partial charge in [0, 0.05) is 18.8 Å². The van der Waals surface area contributed by atoms with Crippen molar-refractivity contribution in [2.24, 2.45) is 0 Å². The van der Waals surface area contributed by atoms with Crippen LogP contribution in [0.1, 0.15) is 75.5 Å². The number of carbonyl (C=O) groups is 2. The smallest absolute Gasteiger partial charge is 0.273 e. The minimum Gasteiger partial charge on any atom is -0.507 e. The molecule has 4 heterocycles. The minimum atomic E-state index is -0.411. The van der Waals surface area contributed by atoms with E-state index in [1.165, 1.54) is 12.1 Å². The van der Waals surface area contributed by atoms with Crippen molar-refractivity contribution in [2.45, 2.75) is 38.6 Å². The third-order valence-electron chi connectivity index (χ3n) is 7.68. The first-order chi connectivity index (χ1) is 20.8. The second kappa shape index (κ2) is 11.6. The number of benzene rings is 3. The summed E-state index contributed by atoms with van der Waals surface area (Å²) in [4.78, 5) is 37.3. The van der Waals surface area contributed by atoms with Crippen molar-refractivity contribution in [3.05, 3.63) is 100 Å². The van der Waals surface area contributed by atoms with E-state index in [9.17, 15) is 14.7 Å². The predicted molar refractivity (Wildman–Crippen MR) is 161 cm³/mol. The molecule has 3 aromatic carbocycles. The number of anilines is 1.